The smallest absolute Gasteiger partial charge is 0.310 e. The number of hydrogen-bond donors (Lipinski definition) is 1. The van der Waals surface area contributed by atoms with Gasteiger partial charge in [-0.25, -0.2) is 0 Å². The van der Waals surface area contributed by atoms with Gasteiger partial charge in [0.25, 0.3) is 0 Å². The van der Waals surface area contributed by atoms with Crippen molar-refractivity contribution in [1.29, 1.82) is 0 Å². The van der Waals surface area contributed by atoms with Crippen LogP contribution in [0.1, 0.15) is 24.0 Å². The monoisotopic (exact) mass is 198 g/mol. The number of benzene rings is 1. The normalized spacial score (nSPS) is 12.5. The molecule has 0 aliphatic rings. The van der Waals surface area contributed by atoms with Gasteiger partial charge in [0, 0.05) is 5.88 Å². The molecule has 0 saturated carbocycles. The molecule has 0 aliphatic carbocycles. The molecule has 70 valence electrons. The lowest BCUT2D eigenvalue weighted by Gasteiger charge is -2.06. The highest BCUT2D eigenvalue weighted by molar-refractivity contribution is 6.17. The fourth-order valence-corrected chi connectivity index (χ4v) is 1.22. The number of alkyl halides is 1. The van der Waals surface area contributed by atoms with E-state index in [0.717, 1.165) is 11.1 Å². The quantitative estimate of drug-likeness (QED) is 0.759. The summed E-state index contributed by atoms with van der Waals surface area (Å²) in [6.07, 6.45) is 0. The fourth-order valence-electron chi connectivity index (χ4n) is 1.04. The molecule has 1 atom stereocenters. The van der Waals surface area contributed by atoms with E-state index in [1.54, 1.807) is 19.1 Å². The molecule has 0 aromatic heterocycles. The Kier molecular flexibility index (Phi) is 3.32. The van der Waals surface area contributed by atoms with Crippen LogP contribution in [0, 0.1) is 0 Å². The number of hydrogen-bond acceptors (Lipinski definition) is 1. The van der Waals surface area contributed by atoms with E-state index in [0.29, 0.717) is 5.88 Å². The minimum Gasteiger partial charge on any atom is -0.481 e. The highest BCUT2D eigenvalue weighted by atomic mass is 35.5. The number of aliphatic carboxylic acids is 1. The Labute approximate surface area is 82.2 Å². The van der Waals surface area contributed by atoms with E-state index in [2.05, 4.69) is 0 Å². The van der Waals surface area contributed by atoms with Gasteiger partial charge < -0.3 is 5.11 Å². The standard InChI is InChI=1S/C10H11ClO2/c1-7(10(12)13)9-4-2-8(6-11)3-5-9/h2-5,7H,6H2,1H3,(H,12,13)/t7-/m1/s1. The first-order chi connectivity index (χ1) is 6.15. The summed E-state index contributed by atoms with van der Waals surface area (Å²) in [6, 6.07) is 7.30. The van der Waals surface area contributed by atoms with Gasteiger partial charge in [-0.15, -0.1) is 11.6 Å². The van der Waals surface area contributed by atoms with Gasteiger partial charge in [0.05, 0.1) is 5.92 Å². The molecule has 0 saturated heterocycles. The van der Waals surface area contributed by atoms with Crippen molar-refractivity contribution < 1.29 is 9.90 Å². The van der Waals surface area contributed by atoms with Crippen molar-refractivity contribution >= 4 is 17.6 Å². The minimum absolute atomic E-state index is 0.454. The molecule has 0 amide bonds. The van der Waals surface area contributed by atoms with Gasteiger partial charge in [0.2, 0.25) is 0 Å². The Morgan fingerprint density at radius 1 is 1.46 bits per heavy atom. The van der Waals surface area contributed by atoms with Gasteiger partial charge in [-0.2, -0.15) is 0 Å². The Morgan fingerprint density at radius 2 is 2.00 bits per heavy atom. The number of carbonyl (C=O) groups is 1. The van der Waals surface area contributed by atoms with Crippen LogP contribution < -0.4 is 0 Å². The molecule has 1 aromatic rings. The number of carboxylic acids is 1. The van der Waals surface area contributed by atoms with Crippen LogP contribution in [0.4, 0.5) is 0 Å². The summed E-state index contributed by atoms with van der Waals surface area (Å²) in [5.41, 5.74) is 1.81. The van der Waals surface area contributed by atoms with Gasteiger partial charge in [0.15, 0.2) is 0 Å². The second kappa shape index (κ2) is 4.28. The van der Waals surface area contributed by atoms with E-state index in [1.807, 2.05) is 12.1 Å². The second-order valence-electron chi connectivity index (χ2n) is 2.94. The van der Waals surface area contributed by atoms with Gasteiger partial charge in [-0.1, -0.05) is 24.3 Å². The molecule has 1 rings (SSSR count). The van der Waals surface area contributed by atoms with Crippen molar-refractivity contribution in [2.24, 2.45) is 0 Å². The van der Waals surface area contributed by atoms with Crippen LogP contribution in [0.15, 0.2) is 24.3 Å². The Bertz CT molecular complexity index is 292. The van der Waals surface area contributed by atoms with E-state index in [-0.39, 0.29) is 0 Å². The van der Waals surface area contributed by atoms with Crippen molar-refractivity contribution in [3.63, 3.8) is 0 Å². The van der Waals surface area contributed by atoms with Gasteiger partial charge in [-0.05, 0) is 18.1 Å². The van der Waals surface area contributed by atoms with E-state index in [1.165, 1.54) is 0 Å². The first-order valence-electron chi connectivity index (χ1n) is 4.02. The van der Waals surface area contributed by atoms with Crippen LogP contribution in [-0.4, -0.2) is 11.1 Å². The molecule has 0 spiro atoms. The van der Waals surface area contributed by atoms with E-state index in [4.69, 9.17) is 16.7 Å². The van der Waals surface area contributed by atoms with E-state index < -0.39 is 11.9 Å². The Hall–Kier alpha value is -1.02. The highest BCUT2D eigenvalue weighted by Crippen LogP contribution is 2.16. The van der Waals surface area contributed by atoms with Crippen molar-refractivity contribution in [2.45, 2.75) is 18.7 Å². The topological polar surface area (TPSA) is 37.3 Å². The van der Waals surface area contributed by atoms with Gasteiger partial charge in [-0.3, -0.25) is 4.79 Å². The number of rotatable bonds is 3. The number of carboxylic acid groups (broad SMARTS) is 1. The maximum atomic E-state index is 10.6. The predicted molar refractivity (Wildman–Crippen MR) is 52.0 cm³/mol. The van der Waals surface area contributed by atoms with Crippen molar-refractivity contribution in [2.75, 3.05) is 0 Å². The molecule has 0 radical (unpaired) electrons. The third-order valence-corrected chi connectivity index (χ3v) is 2.31. The summed E-state index contributed by atoms with van der Waals surface area (Å²) in [5, 5.41) is 8.74. The molecule has 0 bridgehead atoms. The van der Waals surface area contributed by atoms with Crippen molar-refractivity contribution in [3.8, 4) is 0 Å². The molecular weight excluding hydrogens is 188 g/mol. The molecule has 0 heterocycles. The Balaban J connectivity index is 2.85. The van der Waals surface area contributed by atoms with Crippen LogP contribution in [0.2, 0.25) is 0 Å². The maximum Gasteiger partial charge on any atom is 0.310 e. The average molecular weight is 199 g/mol. The largest absolute Gasteiger partial charge is 0.481 e. The lowest BCUT2D eigenvalue weighted by molar-refractivity contribution is -0.138. The van der Waals surface area contributed by atoms with Crippen molar-refractivity contribution in [1.82, 2.24) is 0 Å². The minimum atomic E-state index is -0.807. The van der Waals surface area contributed by atoms with Gasteiger partial charge in [0.1, 0.15) is 0 Å². The predicted octanol–water partition coefficient (Wildman–Crippen LogP) is 2.61. The average Bonchev–Trinajstić information content (AvgIpc) is 2.17. The lowest BCUT2D eigenvalue weighted by Crippen LogP contribution is -2.07. The summed E-state index contributed by atoms with van der Waals surface area (Å²) in [6.45, 7) is 1.66. The number of halogens is 1. The van der Waals surface area contributed by atoms with E-state index in [9.17, 15) is 4.79 Å². The summed E-state index contributed by atoms with van der Waals surface area (Å²) in [4.78, 5) is 10.6. The lowest BCUT2D eigenvalue weighted by atomic mass is 10.0. The Morgan fingerprint density at radius 3 is 2.38 bits per heavy atom. The molecule has 0 unspecified atom stereocenters. The zero-order chi connectivity index (χ0) is 9.84. The first kappa shape index (κ1) is 10.1. The van der Waals surface area contributed by atoms with Crippen LogP contribution in [0.5, 0.6) is 0 Å². The summed E-state index contributed by atoms with van der Waals surface area (Å²) >= 11 is 5.61. The summed E-state index contributed by atoms with van der Waals surface area (Å²) in [7, 11) is 0. The molecular formula is C10H11ClO2. The van der Waals surface area contributed by atoms with Gasteiger partial charge >= 0.3 is 5.97 Å². The summed E-state index contributed by atoms with van der Waals surface area (Å²) < 4.78 is 0. The zero-order valence-corrected chi connectivity index (χ0v) is 8.08. The highest BCUT2D eigenvalue weighted by Gasteiger charge is 2.12. The van der Waals surface area contributed by atoms with Crippen LogP contribution >= 0.6 is 11.6 Å². The van der Waals surface area contributed by atoms with Crippen LogP contribution in [0.3, 0.4) is 0 Å². The summed E-state index contributed by atoms with van der Waals surface area (Å²) in [5.74, 6) is -0.801. The SMILES string of the molecule is C[C@@H](C(=O)O)c1ccc(CCl)cc1. The maximum absolute atomic E-state index is 10.6. The van der Waals surface area contributed by atoms with E-state index >= 15 is 0 Å². The van der Waals surface area contributed by atoms with Crippen LogP contribution in [-0.2, 0) is 10.7 Å². The zero-order valence-electron chi connectivity index (χ0n) is 7.33. The fraction of sp³-hybridized carbons (Fsp3) is 0.300. The molecule has 0 fully saturated rings. The molecule has 1 aromatic carbocycles. The molecule has 2 nitrogen and oxygen atoms in total. The third-order valence-electron chi connectivity index (χ3n) is 2.00. The molecule has 1 N–H and O–H groups in total. The molecule has 3 heteroatoms. The second-order valence-corrected chi connectivity index (χ2v) is 3.20. The third kappa shape index (κ3) is 2.46. The van der Waals surface area contributed by atoms with Crippen LogP contribution in [0.25, 0.3) is 0 Å². The molecule has 13 heavy (non-hydrogen) atoms. The molecule has 0 aliphatic heterocycles. The van der Waals surface area contributed by atoms with Crippen molar-refractivity contribution in [3.05, 3.63) is 35.4 Å². The first-order valence-corrected chi connectivity index (χ1v) is 4.56.